The van der Waals surface area contributed by atoms with Crippen LogP contribution in [-0.2, 0) is 0 Å². The van der Waals surface area contributed by atoms with E-state index < -0.39 is 0 Å². The van der Waals surface area contributed by atoms with Gasteiger partial charge in [-0.25, -0.2) is 0 Å². The van der Waals surface area contributed by atoms with Crippen LogP contribution < -0.4 is 15.4 Å². The minimum Gasteiger partial charge on any atom is -0.496 e. The number of carbonyl (C=O) groups is 1. The molecule has 0 aliphatic carbocycles. The maximum atomic E-state index is 12.3. The van der Waals surface area contributed by atoms with Gasteiger partial charge in [0.1, 0.15) is 5.75 Å². The molecule has 1 fully saturated rings. The van der Waals surface area contributed by atoms with Crippen molar-refractivity contribution in [2.75, 3.05) is 20.2 Å². The number of hydrogen-bond acceptors (Lipinski definition) is 3. The number of methoxy groups -OCH3 is 1. The zero-order chi connectivity index (χ0) is 13.8. The molecule has 1 aromatic carbocycles. The highest BCUT2D eigenvalue weighted by molar-refractivity contribution is 9.10. The Balaban J connectivity index is 0.00000200. The Morgan fingerprint density at radius 2 is 2.25 bits per heavy atom. The molecule has 0 saturated carbocycles. The van der Waals surface area contributed by atoms with E-state index in [0.717, 1.165) is 24.0 Å². The molecule has 0 radical (unpaired) electrons. The quantitative estimate of drug-likeness (QED) is 0.868. The summed E-state index contributed by atoms with van der Waals surface area (Å²) >= 11 is 3.37. The second-order valence-electron chi connectivity index (χ2n) is 4.89. The highest BCUT2D eigenvalue weighted by Crippen LogP contribution is 2.24. The lowest BCUT2D eigenvalue weighted by Gasteiger charge is -2.30. The van der Waals surface area contributed by atoms with E-state index in [4.69, 9.17) is 4.74 Å². The number of halogens is 2. The molecule has 1 aliphatic heterocycles. The second kappa shape index (κ2) is 7.86. The first-order chi connectivity index (χ1) is 9.11. The van der Waals surface area contributed by atoms with Crippen molar-refractivity contribution >= 4 is 34.2 Å². The summed E-state index contributed by atoms with van der Waals surface area (Å²) in [6.07, 6.45) is 1.09. The topological polar surface area (TPSA) is 50.4 Å². The molecule has 2 atom stereocenters. The lowest BCUT2D eigenvalue weighted by atomic mass is 9.94. The van der Waals surface area contributed by atoms with Gasteiger partial charge in [-0.1, -0.05) is 22.9 Å². The zero-order valence-electron chi connectivity index (χ0n) is 11.6. The number of nitrogens with one attached hydrogen (secondary N) is 2. The summed E-state index contributed by atoms with van der Waals surface area (Å²) < 4.78 is 6.15. The summed E-state index contributed by atoms with van der Waals surface area (Å²) in [6.45, 7) is 4.02. The van der Waals surface area contributed by atoms with Gasteiger partial charge in [-0.2, -0.15) is 0 Å². The van der Waals surface area contributed by atoms with E-state index in [0.29, 0.717) is 17.2 Å². The maximum Gasteiger partial charge on any atom is 0.255 e. The molecule has 0 spiro atoms. The Bertz CT molecular complexity index is 470. The third kappa shape index (κ3) is 4.11. The first kappa shape index (κ1) is 17.3. The molecule has 2 rings (SSSR count). The van der Waals surface area contributed by atoms with E-state index in [1.165, 1.54) is 0 Å². The fourth-order valence-electron chi connectivity index (χ4n) is 2.28. The molecule has 20 heavy (non-hydrogen) atoms. The first-order valence-corrected chi connectivity index (χ1v) is 7.26. The fraction of sp³-hybridized carbons (Fsp3) is 0.500. The molecule has 1 amide bonds. The van der Waals surface area contributed by atoms with Crippen molar-refractivity contribution in [2.24, 2.45) is 5.92 Å². The Morgan fingerprint density at radius 3 is 2.90 bits per heavy atom. The third-order valence-corrected chi connectivity index (χ3v) is 4.05. The van der Waals surface area contributed by atoms with Crippen LogP contribution in [0.4, 0.5) is 0 Å². The minimum atomic E-state index is -0.0788. The van der Waals surface area contributed by atoms with Gasteiger partial charge >= 0.3 is 0 Å². The molecule has 1 aromatic rings. The van der Waals surface area contributed by atoms with E-state index in [1.807, 2.05) is 6.07 Å². The van der Waals surface area contributed by atoms with E-state index in [9.17, 15) is 4.79 Å². The van der Waals surface area contributed by atoms with Gasteiger partial charge in [0.2, 0.25) is 0 Å². The summed E-state index contributed by atoms with van der Waals surface area (Å²) in [4.78, 5) is 12.3. The molecule has 1 aliphatic rings. The number of amides is 1. The molecule has 1 saturated heterocycles. The molecule has 0 aromatic heterocycles. The van der Waals surface area contributed by atoms with Crippen LogP contribution >= 0.6 is 28.3 Å². The van der Waals surface area contributed by atoms with Crippen LogP contribution in [0.2, 0.25) is 0 Å². The van der Waals surface area contributed by atoms with Crippen LogP contribution in [0.15, 0.2) is 22.7 Å². The van der Waals surface area contributed by atoms with Gasteiger partial charge in [0.05, 0.1) is 12.7 Å². The van der Waals surface area contributed by atoms with Crippen LogP contribution in [0.1, 0.15) is 23.7 Å². The summed E-state index contributed by atoms with van der Waals surface area (Å²) in [7, 11) is 1.57. The molecule has 4 nitrogen and oxygen atoms in total. The van der Waals surface area contributed by atoms with E-state index in [2.05, 4.69) is 33.5 Å². The van der Waals surface area contributed by atoms with Crippen molar-refractivity contribution in [3.8, 4) is 5.75 Å². The minimum absolute atomic E-state index is 0. The normalized spacial score (nSPS) is 21.8. The van der Waals surface area contributed by atoms with Crippen molar-refractivity contribution in [1.29, 1.82) is 0 Å². The van der Waals surface area contributed by atoms with Crippen molar-refractivity contribution in [1.82, 2.24) is 10.6 Å². The summed E-state index contributed by atoms with van der Waals surface area (Å²) in [5.41, 5.74) is 0.573. The van der Waals surface area contributed by atoms with Crippen LogP contribution in [0.25, 0.3) is 0 Å². The third-order valence-electron chi connectivity index (χ3n) is 3.55. The molecule has 2 N–H and O–H groups in total. The lowest BCUT2D eigenvalue weighted by Crippen LogP contribution is -2.50. The van der Waals surface area contributed by atoms with Gasteiger partial charge in [-0.3, -0.25) is 4.79 Å². The highest BCUT2D eigenvalue weighted by atomic mass is 79.9. The maximum absolute atomic E-state index is 12.3. The molecule has 1 heterocycles. The predicted octanol–water partition coefficient (Wildman–Crippen LogP) is 2.61. The zero-order valence-corrected chi connectivity index (χ0v) is 14.0. The first-order valence-electron chi connectivity index (χ1n) is 6.47. The molecule has 6 heteroatoms. The van der Waals surface area contributed by atoms with Crippen molar-refractivity contribution < 1.29 is 9.53 Å². The van der Waals surface area contributed by atoms with Gasteiger partial charge in [0.25, 0.3) is 5.91 Å². The Morgan fingerprint density at radius 1 is 1.50 bits per heavy atom. The van der Waals surface area contributed by atoms with Gasteiger partial charge in [0.15, 0.2) is 0 Å². The molecular formula is C14H20BrClN2O2. The standard InChI is InChI=1S/C14H19BrN2O2.ClH/c1-9-5-6-16-8-12(9)17-14(18)11-4-3-10(15)7-13(11)19-2;/h3-4,7,9,12,16H,5-6,8H2,1-2H3,(H,17,18);1H. The van der Waals surface area contributed by atoms with Crippen molar-refractivity contribution in [2.45, 2.75) is 19.4 Å². The van der Waals surface area contributed by atoms with Crippen molar-refractivity contribution in [3.63, 3.8) is 0 Å². The van der Waals surface area contributed by atoms with Crippen LogP contribution in [0.3, 0.4) is 0 Å². The van der Waals surface area contributed by atoms with Gasteiger partial charge in [-0.15, -0.1) is 12.4 Å². The Kier molecular flexibility index (Phi) is 6.79. The Hall–Kier alpha value is -0.780. The predicted molar refractivity (Wildman–Crippen MR) is 85.8 cm³/mol. The number of piperidine rings is 1. The van der Waals surface area contributed by atoms with E-state index >= 15 is 0 Å². The number of hydrogen-bond donors (Lipinski definition) is 2. The highest BCUT2D eigenvalue weighted by Gasteiger charge is 2.24. The smallest absolute Gasteiger partial charge is 0.255 e. The number of carbonyl (C=O) groups excluding carboxylic acids is 1. The summed E-state index contributed by atoms with van der Waals surface area (Å²) in [6, 6.07) is 5.60. The number of benzene rings is 1. The monoisotopic (exact) mass is 362 g/mol. The Labute approximate surface area is 134 Å². The second-order valence-corrected chi connectivity index (χ2v) is 5.81. The van der Waals surface area contributed by atoms with Gasteiger partial charge < -0.3 is 15.4 Å². The summed E-state index contributed by atoms with van der Waals surface area (Å²) in [5.74, 6) is 1.000. The van der Waals surface area contributed by atoms with E-state index in [-0.39, 0.29) is 24.4 Å². The van der Waals surface area contributed by atoms with Crippen molar-refractivity contribution in [3.05, 3.63) is 28.2 Å². The largest absolute Gasteiger partial charge is 0.496 e. The fourth-order valence-corrected chi connectivity index (χ4v) is 2.62. The van der Waals surface area contributed by atoms with Crippen LogP contribution in [-0.4, -0.2) is 32.1 Å². The summed E-state index contributed by atoms with van der Waals surface area (Å²) in [5, 5.41) is 6.39. The van der Waals surface area contributed by atoms with Gasteiger partial charge in [-0.05, 0) is 37.1 Å². The lowest BCUT2D eigenvalue weighted by molar-refractivity contribution is 0.0912. The number of rotatable bonds is 3. The molecule has 112 valence electrons. The molecular weight excluding hydrogens is 344 g/mol. The van der Waals surface area contributed by atoms with Crippen LogP contribution in [0, 0.1) is 5.92 Å². The SMILES string of the molecule is COc1cc(Br)ccc1C(=O)NC1CNCCC1C.Cl. The van der Waals surface area contributed by atoms with Crippen LogP contribution in [0.5, 0.6) is 5.75 Å². The average molecular weight is 364 g/mol. The molecule has 0 bridgehead atoms. The van der Waals surface area contributed by atoms with Gasteiger partial charge in [0, 0.05) is 17.1 Å². The average Bonchev–Trinajstić information content (AvgIpc) is 2.41. The number of ether oxygens (including phenoxy) is 1. The molecule has 2 unspecified atom stereocenters. The van der Waals surface area contributed by atoms with E-state index in [1.54, 1.807) is 19.2 Å².